The highest BCUT2D eigenvalue weighted by molar-refractivity contribution is 5.57. The van der Waals surface area contributed by atoms with E-state index in [-0.39, 0.29) is 12.6 Å². The van der Waals surface area contributed by atoms with Gasteiger partial charge in [0.25, 0.3) is 0 Å². The zero-order valence-corrected chi connectivity index (χ0v) is 11.0. The highest BCUT2D eigenvalue weighted by Gasteiger charge is 2.37. The van der Waals surface area contributed by atoms with E-state index in [1.54, 1.807) is 12.1 Å². The Morgan fingerprint density at radius 1 is 1.37 bits per heavy atom. The molecule has 0 spiro atoms. The van der Waals surface area contributed by atoms with Crippen molar-refractivity contribution in [2.75, 3.05) is 11.4 Å². The summed E-state index contributed by atoms with van der Waals surface area (Å²) in [7, 11) is 0. The van der Waals surface area contributed by atoms with Crippen molar-refractivity contribution in [3.05, 3.63) is 29.3 Å². The summed E-state index contributed by atoms with van der Waals surface area (Å²) >= 11 is 0. The normalized spacial score (nSPS) is 20.1. The third kappa shape index (κ3) is 2.86. The van der Waals surface area contributed by atoms with Crippen LogP contribution in [0.1, 0.15) is 37.3 Å². The Balaban J connectivity index is 2.44. The molecule has 0 amide bonds. The van der Waals surface area contributed by atoms with E-state index >= 15 is 0 Å². The molecule has 2 nitrogen and oxygen atoms in total. The van der Waals surface area contributed by atoms with Crippen LogP contribution in [0.3, 0.4) is 0 Å². The Morgan fingerprint density at radius 3 is 2.68 bits per heavy atom. The van der Waals surface area contributed by atoms with Gasteiger partial charge in [0.1, 0.15) is 0 Å². The molecule has 1 aliphatic rings. The summed E-state index contributed by atoms with van der Waals surface area (Å²) in [6, 6.07) is 4.65. The van der Waals surface area contributed by atoms with Crippen LogP contribution in [0, 0.1) is 0 Å². The van der Waals surface area contributed by atoms with Crippen molar-refractivity contribution in [1.29, 1.82) is 0 Å². The summed E-state index contributed by atoms with van der Waals surface area (Å²) in [5.74, 6) is 0. The van der Waals surface area contributed by atoms with Crippen LogP contribution < -0.4 is 10.6 Å². The van der Waals surface area contributed by atoms with E-state index in [2.05, 4.69) is 0 Å². The second kappa shape index (κ2) is 5.41. The first kappa shape index (κ1) is 14.2. The molecular formula is C14H19F3N2. The van der Waals surface area contributed by atoms with Crippen molar-refractivity contribution in [1.82, 2.24) is 0 Å². The number of nitrogens with zero attached hydrogens (tertiary/aromatic N) is 1. The van der Waals surface area contributed by atoms with Gasteiger partial charge in [0.05, 0.1) is 5.56 Å². The topological polar surface area (TPSA) is 29.3 Å². The van der Waals surface area contributed by atoms with Crippen LogP contribution in [-0.4, -0.2) is 12.6 Å². The fraction of sp³-hybridized carbons (Fsp3) is 0.571. The number of halogens is 3. The molecule has 2 N–H and O–H groups in total. The molecule has 1 unspecified atom stereocenters. The molecule has 19 heavy (non-hydrogen) atoms. The molecule has 0 radical (unpaired) electrons. The molecule has 1 heterocycles. The van der Waals surface area contributed by atoms with Gasteiger partial charge in [0.15, 0.2) is 0 Å². The minimum absolute atomic E-state index is 0.126. The second-order valence-electron chi connectivity index (χ2n) is 4.95. The zero-order chi connectivity index (χ0) is 14.0. The lowest BCUT2D eigenvalue weighted by Crippen LogP contribution is -2.30. The number of anilines is 1. The van der Waals surface area contributed by atoms with Gasteiger partial charge in [-0.2, -0.15) is 13.2 Å². The molecule has 0 aliphatic carbocycles. The molecule has 1 atom stereocenters. The summed E-state index contributed by atoms with van der Waals surface area (Å²) in [5.41, 5.74) is 5.70. The Hall–Kier alpha value is -1.23. The van der Waals surface area contributed by atoms with Gasteiger partial charge >= 0.3 is 6.18 Å². The molecule has 0 bridgehead atoms. The van der Waals surface area contributed by atoms with Crippen LogP contribution in [0.2, 0.25) is 0 Å². The summed E-state index contributed by atoms with van der Waals surface area (Å²) < 4.78 is 39.5. The van der Waals surface area contributed by atoms with Crippen molar-refractivity contribution >= 4 is 5.69 Å². The SMILES string of the molecule is CCC1CCCN1c1ccc(CN)cc1C(F)(F)F. The zero-order valence-electron chi connectivity index (χ0n) is 11.0. The van der Waals surface area contributed by atoms with Crippen LogP contribution in [0.25, 0.3) is 0 Å². The number of hydrogen-bond donors (Lipinski definition) is 1. The number of nitrogens with two attached hydrogens (primary N) is 1. The highest BCUT2D eigenvalue weighted by Crippen LogP contribution is 2.40. The quantitative estimate of drug-likeness (QED) is 0.912. The number of alkyl halides is 3. The van der Waals surface area contributed by atoms with Gasteiger partial charge in [-0.3, -0.25) is 0 Å². The van der Waals surface area contributed by atoms with Crippen molar-refractivity contribution in [2.24, 2.45) is 5.73 Å². The third-order valence-electron chi connectivity index (χ3n) is 3.76. The van der Waals surface area contributed by atoms with Crippen LogP contribution in [0.15, 0.2) is 18.2 Å². The Bertz CT molecular complexity index is 443. The fourth-order valence-electron chi connectivity index (χ4n) is 2.76. The average Bonchev–Trinajstić information content (AvgIpc) is 2.85. The van der Waals surface area contributed by atoms with Gasteiger partial charge < -0.3 is 10.6 Å². The van der Waals surface area contributed by atoms with Crippen LogP contribution >= 0.6 is 0 Å². The van der Waals surface area contributed by atoms with Crippen molar-refractivity contribution in [3.63, 3.8) is 0 Å². The van der Waals surface area contributed by atoms with Crippen LogP contribution in [-0.2, 0) is 12.7 Å². The first-order valence-electron chi connectivity index (χ1n) is 6.64. The van der Waals surface area contributed by atoms with E-state index in [9.17, 15) is 13.2 Å². The van der Waals surface area contributed by atoms with Crippen molar-refractivity contribution in [2.45, 2.75) is 44.9 Å². The standard InChI is InChI=1S/C14H19F3N2/c1-2-11-4-3-7-19(11)13-6-5-10(9-18)8-12(13)14(15,16)17/h5-6,8,11H,2-4,7,9,18H2,1H3. The Kier molecular flexibility index (Phi) is 4.04. The van der Waals surface area contributed by atoms with E-state index < -0.39 is 11.7 Å². The van der Waals surface area contributed by atoms with Gasteiger partial charge in [-0.1, -0.05) is 13.0 Å². The minimum Gasteiger partial charge on any atom is -0.368 e. The lowest BCUT2D eigenvalue weighted by Gasteiger charge is -2.29. The van der Waals surface area contributed by atoms with E-state index in [0.717, 1.165) is 19.3 Å². The molecule has 1 saturated heterocycles. The summed E-state index contributed by atoms with van der Waals surface area (Å²) in [5, 5.41) is 0. The Labute approximate surface area is 111 Å². The van der Waals surface area contributed by atoms with E-state index in [0.29, 0.717) is 17.8 Å². The summed E-state index contributed by atoms with van der Waals surface area (Å²) in [6.45, 7) is 2.84. The summed E-state index contributed by atoms with van der Waals surface area (Å²) in [6.07, 6.45) is -1.54. The highest BCUT2D eigenvalue weighted by atomic mass is 19.4. The maximum atomic E-state index is 13.2. The molecule has 0 aromatic heterocycles. The third-order valence-corrected chi connectivity index (χ3v) is 3.76. The van der Waals surface area contributed by atoms with E-state index in [1.165, 1.54) is 6.07 Å². The van der Waals surface area contributed by atoms with Crippen LogP contribution in [0.4, 0.5) is 18.9 Å². The molecule has 1 aliphatic heterocycles. The van der Waals surface area contributed by atoms with E-state index in [4.69, 9.17) is 5.73 Å². The molecule has 0 saturated carbocycles. The van der Waals surface area contributed by atoms with Crippen molar-refractivity contribution < 1.29 is 13.2 Å². The number of hydrogen-bond acceptors (Lipinski definition) is 2. The van der Waals surface area contributed by atoms with Gasteiger partial charge in [0.2, 0.25) is 0 Å². The predicted molar refractivity (Wildman–Crippen MR) is 70.0 cm³/mol. The lowest BCUT2D eigenvalue weighted by atomic mass is 10.1. The number of rotatable bonds is 3. The molecular weight excluding hydrogens is 253 g/mol. The molecule has 5 heteroatoms. The molecule has 1 fully saturated rings. The van der Waals surface area contributed by atoms with Gasteiger partial charge in [-0.15, -0.1) is 0 Å². The Morgan fingerprint density at radius 2 is 2.11 bits per heavy atom. The first-order chi connectivity index (χ1) is 8.97. The molecule has 1 aromatic rings. The van der Waals surface area contributed by atoms with Crippen molar-refractivity contribution in [3.8, 4) is 0 Å². The van der Waals surface area contributed by atoms with E-state index in [1.807, 2.05) is 11.8 Å². The first-order valence-corrected chi connectivity index (χ1v) is 6.64. The predicted octanol–water partition coefficient (Wildman–Crippen LogP) is 3.54. The molecule has 2 rings (SSSR count). The smallest absolute Gasteiger partial charge is 0.368 e. The fourth-order valence-corrected chi connectivity index (χ4v) is 2.76. The lowest BCUT2D eigenvalue weighted by molar-refractivity contribution is -0.137. The minimum atomic E-state index is -4.33. The van der Waals surface area contributed by atoms with Gasteiger partial charge in [-0.05, 0) is 37.0 Å². The van der Waals surface area contributed by atoms with Crippen LogP contribution in [0.5, 0.6) is 0 Å². The maximum Gasteiger partial charge on any atom is 0.418 e. The molecule has 106 valence electrons. The molecule has 1 aromatic carbocycles. The summed E-state index contributed by atoms with van der Waals surface area (Å²) in [4.78, 5) is 1.89. The number of benzene rings is 1. The largest absolute Gasteiger partial charge is 0.418 e. The monoisotopic (exact) mass is 272 g/mol. The van der Waals surface area contributed by atoms with Gasteiger partial charge in [0, 0.05) is 24.8 Å². The maximum absolute atomic E-state index is 13.2. The second-order valence-corrected chi connectivity index (χ2v) is 4.95. The van der Waals surface area contributed by atoms with Gasteiger partial charge in [-0.25, -0.2) is 0 Å². The average molecular weight is 272 g/mol.